The minimum absolute atomic E-state index is 0.0579. The number of unbranched alkanes of at least 4 members (excludes halogenated alkanes) is 24. The summed E-state index contributed by atoms with van der Waals surface area (Å²) in [6, 6.07) is 0. The number of aliphatic hydroxyl groups excluding tert-OH is 1. The van der Waals surface area contributed by atoms with Crippen molar-refractivity contribution >= 4 is 25.7 Å². The molecule has 0 radical (unpaired) electrons. The van der Waals surface area contributed by atoms with Crippen LogP contribution < -0.4 is 0 Å². The van der Waals surface area contributed by atoms with E-state index < -0.39 is 57.8 Å². The van der Waals surface area contributed by atoms with Crippen LogP contribution in [0, 0.1) is 0 Å². The van der Waals surface area contributed by atoms with E-state index in [1.807, 2.05) is 12.2 Å². The predicted octanol–water partition coefficient (Wildman–Crippen LogP) is 15.0. The molecule has 0 heterocycles. The van der Waals surface area contributed by atoms with Crippen LogP contribution in [-0.4, -0.2) is 66.5 Å². The molecule has 66 heavy (non-hydrogen) atoms. The summed E-state index contributed by atoms with van der Waals surface area (Å²) in [5.41, 5.74) is 0. The monoisotopic (exact) mass is 953 g/mol. The molecule has 3 atom stereocenters. The summed E-state index contributed by atoms with van der Waals surface area (Å²) in [6.45, 7) is 4.44. The van der Waals surface area contributed by atoms with Crippen molar-refractivity contribution < 1.29 is 52.2 Å². The molecule has 0 fully saturated rings. The average Bonchev–Trinajstić information content (AvgIpc) is 3.30. The summed E-state index contributed by atoms with van der Waals surface area (Å²) < 4.78 is 39.2. The number of phosphoric ester groups is 1. The third-order valence-corrected chi connectivity index (χ3v) is 12.2. The zero-order valence-electron chi connectivity index (χ0n) is 42.2. The first kappa shape index (κ1) is 63.4. The van der Waals surface area contributed by atoms with Gasteiger partial charge in [0.2, 0.25) is 0 Å². The van der Waals surface area contributed by atoms with Crippen molar-refractivity contribution in [2.75, 3.05) is 26.4 Å². The van der Waals surface area contributed by atoms with Gasteiger partial charge in [0.1, 0.15) is 12.7 Å². The van der Waals surface area contributed by atoms with E-state index >= 15 is 0 Å². The van der Waals surface area contributed by atoms with Gasteiger partial charge in [-0.3, -0.25) is 23.4 Å². The largest absolute Gasteiger partial charge is 0.472 e. The first-order chi connectivity index (χ1) is 32.2. The van der Waals surface area contributed by atoms with E-state index in [4.69, 9.17) is 23.3 Å². The van der Waals surface area contributed by atoms with Gasteiger partial charge in [0.15, 0.2) is 6.10 Å². The van der Waals surface area contributed by atoms with Crippen molar-refractivity contribution in [2.24, 2.45) is 0 Å². The van der Waals surface area contributed by atoms with Gasteiger partial charge in [-0.05, 0) is 44.9 Å². The Morgan fingerprint density at radius 1 is 0.439 bits per heavy atom. The van der Waals surface area contributed by atoms with Gasteiger partial charge in [0.25, 0.3) is 0 Å². The lowest BCUT2D eigenvalue weighted by molar-refractivity contribution is -0.161. The Labute approximate surface area is 403 Å². The molecule has 0 amide bonds. The number of rotatable bonds is 49. The number of ether oxygens (including phenoxy) is 3. The van der Waals surface area contributed by atoms with Crippen molar-refractivity contribution in [3.05, 3.63) is 48.6 Å². The van der Waals surface area contributed by atoms with Crippen molar-refractivity contribution in [1.29, 1.82) is 0 Å². The molecule has 0 aliphatic carbocycles. The highest BCUT2D eigenvalue weighted by molar-refractivity contribution is 7.47. The number of hydrogen-bond acceptors (Lipinski definition) is 10. The topological polar surface area (TPSA) is 155 Å². The quantitative estimate of drug-likeness (QED) is 0.0197. The van der Waals surface area contributed by atoms with Gasteiger partial charge in [-0.25, -0.2) is 4.57 Å². The molecule has 0 aromatic heterocycles. The molecule has 0 bridgehead atoms. The van der Waals surface area contributed by atoms with Crippen LogP contribution in [0.15, 0.2) is 48.6 Å². The van der Waals surface area contributed by atoms with E-state index in [9.17, 15) is 28.9 Å². The fourth-order valence-corrected chi connectivity index (χ4v) is 8.04. The summed E-state index contributed by atoms with van der Waals surface area (Å²) in [5.74, 6) is -1.54. The van der Waals surface area contributed by atoms with E-state index in [2.05, 4.69) is 57.2 Å². The lowest BCUT2D eigenvalue weighted by atomic mass is 10.0. The Morgan fingerprint density at radius 3 is 1.21 bits per heavy atom. The zero-order chi connectivity index (χ0) is 48.4. The smallest absolute Gasteiger partial charge is 0.462 e. The number of aliphatic hydroxyl groups is 1. The number of hydrogen-bond donors (Lipinski definition) is 2. The predicted molar refractivity (Wildman–Crippen MR) is 270 cm³/mol. The van der Waals surface area contributed by atoms with Crippen LogP contribution in [0.25, 0.3) is 0 Å². The molecule has 0 aliphatic rings. The first-order valence-electron chi connectivity index (χ1n) is 26.5. The molecular formula is C54H97O11P. The fraction of sp³-hybridized carbons (Fsp3) is 0.796. The van der Waals surface area contributed by atoms with E-state index in [0.717, 1.165) is 64.2 Å². The molecule has 0 saturated heterocycles. The summed E-state index contributed by atoms with van der Waals surface area (Å²) in [7, 11) is -4.75. The number of allylic oxidation sites excluding steroid dienone is 8. The summed E-state index contributed by atoms with van der Waals surface area (Å²) >= 11 is 0. The lowest BCUT2D eigenvalue weighted by Crippen LogP contribution is -2.30. The Hall–Kier alpha value is -2.56. The van der Waals surface area contributed by atoms with Crippen LogP contribution in [0.5, 0.6) is 0 Å². The highest BCUT2D eigenvalue weighted by Crippen LogP contribution is 2.43. The van der Waals surface area contributed by atoms with Crippen molar-refractivity contribution in [3.8, 4) is 0 Å². The van der Waals surface area contributed by atoms with E-state index in [-0.39, 0.29) is 25.9 Å². The van der Waals surface area contributed by atoms with E-state index in [1.165, 1.54) is 116 Å². The molecule has 0 saturated carbocycles. The maximum absolute atomic E-state index is 12.8. The van der Waals surface area contributed by atoms with E-state index in [1.54, 1.807) is 0 Å². The maximum Gasteiger partial charge on any atom is 0.472 e. The van der Waals surface area contributed by atoms with Crippen LogP contribution in [-0.2, 0) is 42.2 Å². The molecule has 0 aromatic rings. The average molecular weight is 953 g/mol. The van der Waals surface area contributed by atoms with Gasteiger partial charge in [-0.2, -0.15) is 0 Å². The molecule has 12 heteroatoms. The third kappa shape index (κ3) is 46.5. The standard InChI is InChI=1S/C54H97O11P/c1-4-7-10-13-16-19-21-23-24-25-26-28-30-33-36-39-42-45-54(58)65-51(47-61-52(56)43-40-37-34-31-18-15-12-9-6-3)49-63-66(59,60)62-48-50(46-55)64-53(57)44-41-38-35-32-29-27-22-20-17-14-11-8-5-2/h8,11,17,20,27,29,35,38,50-51,55H,4-7,9-10,12-16,18-19,21-26,28,30-34,36-37,39-49H2,1-3H3,(H,59,60)/b11-8-,20-17-,29-27-,38-35-. The lowest BCUT2D eigenvalue weighted by Gasteiger charge is -2.21. The van der Waals surface area contributed by atoms with E-state index in [0.29, 0.717) is 19.3 Å². The third-order valence-electron chi connectivity index (χ3n) is 11.3. The van der Waals surface area contributed by atoms with Crippen LogP contribution in [0.4, 0.5) is 0 Å². The molecule has 0 aromatic carbocycles. The number of carbonyl (C=O) groups is 3. The molecular weight excluding hydrogens is 856 g/mol. The molecule has 0 spiro atoms. The highest BCUT2D eigenvalue weighted by Gasteiger charge is 2.28. The SMILES string of the molecule is CC/C=C\C/C=C\C/C=C\C/C=C\CCC(=O)OC(CO)COP(=O)(O)OCC(COC(=O)CCCCCCCCCCC)OC(=O)CCCCCCCCCCCCCCCCCCC. The zero-order valence-corrected chi connectivity index (χ0v) is 43.1. The second kappa shape index (κ2) is 48.9. The molecule has 0 rings (SSSR count). The minimum atomic E-state index is -4.75. The van der Waals surface area contributed by atoms with Crippen LogP contribution in [0.3, 0.4) is 0 Å². The fourth-order valence-electron chi connectivity index (χ4n) is 7.25. The van der Waals surface area contributed by atoms with Crippen molar-refractivity contribution in [2.45, 2.75) is 251 Å². The van der Waals surface area contributed by atoms with Crippen molar-refractivity contribution in [1.82, 2.24) is 0 Å². The number of phosphoric acid groups is 1. The normalized spacial score (nSPS) is 13.8. The van der Waals surface area contributed by atoms with Crippen LogP contribution in [0.1, 0.15) is 239 Å². The highest BCUT2D eigenvalue weighted by atomic mass is 31.2. The second-order valence-electron chi connectivity index (χ2n) is 17.7. The molecule has 0 aliphatic heterocycles. The van der Waals surface area contributed by atoms with Gasteiger partial charge in [-0.1, -0.05) is 223 Å². The maximum atomic E-state index is 12.8. The first-order valence-corrected chi connectivity index (χ1v) is 28.0. The van der Waals surface area contributed by atoms with Gasteiger partial charge in [-0.15, -0.1) is 0 Å². The van der Waals surface area contributed by atoms with Gasteiger partial charge in [0.05, 0.1) is 19.8 Å². The second-order valence-corrected chi connectivity index (χ2v) is 19.1. The number of esters is 3. The van der Waals surface area contributed by atoms with Crippen molar-refractivity contribution in [3.63, 3.8) is 0 Å². The Kier molecular flexibility index (Phi) is 47.0. The minimum Gasteiger partial charge on any atom is -0.462 e. The Bertz CT molecular complexity index is 1300. The van der Waals surface area contributed by atoms with Crippen LogP contribution in [0.2, 0.25) is 0 Å². The van der Waals surface area contributed by atoms with Gasteiger partial charge >= 0.3 is 25.7 Å². The van der Waals surface area contributed by atoms with Gasteiger partial charge in [0, 0.05) is 19.3 Å². The van der Waals surface area contributed by atoms with Crippen LogP contribution >= 0.6 is 7.82 Å². The van der Waals surface area contributed by atoms with Gasteiger partial charge < -0.3 is 24.2 Å². The summed E-state index contributed by atoms with van der Waals surface area (Å²) in [5, 5.41) is 9.75. The summed E-state index contributed by atoms with van der Waals surface area (Å²) in [6.07, 6.45) is 49.6. The summed E-state index contributed by atoms with van der Waals surface area (Å²) in [4.78, 5) is 48.2. The Morgan fingerprint density at radius 2 is 0.788 bits per heavy atom. The molecule has 2 N–H and O–H groups in total. The molecule has 384 valence electrons. The number of carbonyl (C=O) groups excluding carboxylic acids is 3. The molecule has 11 nitrogen and oxygen atoms in total. The Balaban J connectivity index is 4.71. The molecule has 3 unspecified atom stereocenters.